The number of aromatic nitrogens is 1. The van der Waals surface area contributed by atoms with E-state index in [0.717, 1.165) is 50.0 Å². The molecule has 2 aliphatic carbocycles. The number of oxazole rings is 1. The molecule has 2 saturated carbocycles. The quantitative estimate of drug-likeness (QED) is 0.829. The molecule has 0 amide bonds. The summed E-state index contributed by atoms with van der Waals surface area (Å²) in [4.78, 5) is 4.63. The summed E-state index contributed by atoms with van der Waals surface area (Å²) in [5.41, 5.74) is 0.856. The van der Waals surface area contributed by atoms with Crippen molar-refractivity contribution in [2.45, 2.75) is 74.6 Å². The van der Waals surface area contributed by atoms with Gasteiger partial charge in [-0.15, -0.1) is 0 Å². The second-order valence-electron chi connectivity index (χ2n) is 7.52. The van der Waals surface area contributed by atoms with Crippen molar-refractivity contribution < 1.29 is 12.8 Å². The van der Waals surface area contributed by atoms with Crippen LogP contribution >= 0.6 is 0 Å². The molecule has 0 bridgehead atoms. The molecule has 0 spiro atoms. The predicted octanol–water partition coefficient (Wildman–Crippen LogP) is 4.61. The lowest BCUT2D eigenvalue weighted by molar-refractivity contribution is 0.426. The van der Waals surface area contributed by atoms with E-state index >= 15 is 0 Å². The highest BCUT2D eigenvalue weighted by Gasteiger charge is 2.28. The second kappa shape index (κ2) is 7.53. The molecule has 6 heteroatoms. The van der Waals surface area contributed by atoms with Crippen LogP contribution in [0.3, 0.4) is 0 Å². The Labute approximate surface area is 155 Å². The fourth-order valence-corrected chi connectivity index (χ4v) is 4.90. The maximum absolute atomic E-state index is 12.7. The van der Waals surface area contributed by atoms with Gasteiger partial charge in [0.25, 0.3) is 0 Å². The Morgan fingerprint density at radius 1 is 0.923 bits per heavy atom. The summed E-state index contributed by atoms with van der Waals surface area (Å²) in [7, 11) is -3.48. The molecular weight excluding hydrogens is 348 g/mol. The number of sulfonamides is 1. The van der Waals surface area contributed by atoms with Crippen molar-refractivity contribution in [3.05, 3.63) is 36.4 Å². The van der Waals surface area contributed by atoms with Crippen LogP contribution in [0.4, 0.5) is 0 Å². The zero-order valence-electron chi connectivity index (χ0n) is 15.0. The van der Waals surface area contributed by atoms with E-state index in [1.54, 1.807) is 30.5 Å². The smallest absolute Gasteiger partial charge is 0.240 e. The molecule has 1 N–H and O–H groups in total. The predicted molar refractivity (Wildman–Crippen MR) is 100 cm³/mol. The number of nitrogens with one attached hydrogen (secondary N) is 1. The number of hydrogen-bond donors (Lipinski definition) is 1. The van der Waals surface area contributed by atoms with Gasteiger partial charge in [0.05, 0.1) is 11.1 Å². The van der Waals surface area contributed by atoms with E-state index in [0.29, 0.717) is 16.6 Å². The molecule has 1 aromatic carbocycles. The average Bonchev–Trinajstić information content (AvgIpc) is 3.34. The lowest BCUT2D eigenvalue weighted by atomic mass is 9.97. The van der Waals surface area contributed by atoms with E-state index in [1.807, 2.05) is 0 Å². The molecule has 2 aromatic rings. The molecule has 0 aliphatic heterocycles. The largest absolute Gasteiger partial charge is 0.440 e. The normalized spacial score (nSPS) is 19.8. The first-order chi connectivity index (χ1) is 12.6. The number of nitrogens with zero attached hydrogens (tertiary/aromatic N) is 1. The SMILES string of the molecule is O=S(=O)(NC1CCCCCCC1)c1ccc(-c2cnc(C3CC3)o2)cc1. The fourth-order valence-electron chi connectivity index (χ4n) is 3.60. The van der Waals surface area contributed by atoms with Crippen molar-refractivity contribution in [1.29, 1.82) is 0 Å². The minimum absolute atomic E-state index is 0.0513. The Balaban J connectivity index is 1.45. The number of rotatable bonds is 5. The highest BCUT2D eigenvalue weighted by Crippen LogP contribution is 2.40. The molecule has 4 rings (SSSR count). The summed E-state index contributed by atoms with van der Waals surface area (Å²) in [6.07, 6.45) is 11.7. The van der Waals surface area contributed by atoms with Gasteiger partial charge in [0.15, 0.2) is 11.7 Å². The standard InChI is InChI=1S/C20H26N2O3S/c23-26(24,22-17-6-4-2-1-3-5-7-17)18-12-10-15(11-13-18)19-14-21-20(25-19)16-8-9-16/h10-14,16-17,22H,1-9H2. The Morgan fingerprint density at radius 3 is 2.23 bits per heavy atom. The summed E-state index contributed by atoms with van der Waals surface area (Å²) < 4.78 is 34.1. The van der Waals surface area contributed by atoms with Gasteiger partial charge in [0, 0.05) is 17.5 Å². The van der Waals surface area contributed by atoms with E-state index in [-0.39, 0.29) is 6.04 Å². The van der Waals surface area contributed by atoms with E-state index in [2.05, 4.69) is 9.71 Å². The Bertz CT molecular complexity index is 830. The third-order valence-electron chi connectivity index (χ3n) is 5.33. The zero-order chi connectivity index (χ0) is 18.0. The van der Waals surface area contributed by atoms with Gasteiger partial charge in [-0.3, -0.25) is 0 Å². The average molecular weight is 375 g/mol. The van der Waals surface area contributed by atoms with Crippen molar-refractivity contribution in [3.8, 4) is 11.3 Å². The lowest BCUT2D eigenvalue weighted by Crippen LogP contribution is -2.35. The lowest BCUT2D eigenvalue weighted by Gasteiger charge is -2.21. The van der Waals surface area contributed by atoms with Crippen molar-refractivity contribution >= 4 is 10.0 Å². The van der Waals surface area contributed by atoms with Gasteiger partial charge >= 0.3 is 0 Å². The van der Waals surface area contributed by atoms with Crippen LogP contribution in [0.1, 0.15) is 69.6 Å². The number of benzene rings is 1. The summed E-state index contributed by atoms with van der Waals surface area (Å²) in [6, 6.07) is 6.95. The van der Waals surface area contributed by atoms with Crippen LogP contribution in [-0.2, 0) is 10.0 Å². The van der Waals surface area contributed by atoms with Gasteiger partial charge in [-0.05, 0) is 49.9 Å². The van der Waals surface area contributed by atoms with Gasteiger partial charge in [0.2, 0.25) is 10.0 Å². The van der Waals surface area contributed by atoms with Crippen LogP contribution in [0, 0.1) is 0 Å². The van der Waals surface area contributed by atoms with E-state index in [9.17, 15) is 8.42 Å². The second-order valence-corrected chi connectivity index (χ2v) is 9.24. The van der Waals surface area contributed by atoms with E-state index in [1.165, 1.54) is 19.3 Å². The molecule has 140 valence electrons. The first kappa shape index (κ1) is 17.7. The maximum Gasteiger partial charge on any atom is 0.240 e. The van der Waals surface area contributed by atoms with Crippen molar-refractivity contribution in [3.63, 3.8) is 0 Å². The molecule has 0 radical (unpaired) electrons. The fraction of sp³-hybridized carbons (Fsp3) is 0.550. The Morgan fingerprint density at radius 2 is 1.58 bits per heavy atom. The minimum atomic E-state index is -3.48. The molecule has 0 saturated heterocycles. The van der Waals surface area contributed by atoms with Gasteiger partial charge in [-0.25, -0.2) is 18.1 Å². The minimum Gasteiger partial charge on any atom is -0.440 e. The van der Waals surface area contributed by atoms with Gasteiger partial charge in [-0.2, -0.15) is 0 Å². The highest BCUT2D eigenvalue weighted by atomic mass is 32.2. The molecule has 1 aromatic heterocycles. The Kier molecular flexibility index (Phi) is 5.14. The van der Waals surface area contributed by atoms with E-state index < -0.39 is 10.0 Å². The van der Waals surface area contributed by atoms with Crippen LogP contribution in [0.2, 0.25) is 0 Å². The molecule has 0 unspecified atom stereocenters. The van der Waals surface area contributed by atoms with Crippen LogP contribution in [0.25, 0.3) is 11.3 Å². The summed E-state index contributed by atoms with van der Waals surface area (Å²) in [5.74, 6) is 1.96. The third kappa shape index (κ3) is 4.18. The van der Waals surface area contributed by atoms with Crippen LogP contribution < -0.4 is 4.72 Å². The van der Waals surface area contributed by atoms with Gasteiger partial charge in [0.1, 0.15) is 0 Å². The van der Waals surface area contributed by atoms with Crippen LogP contribution in [-0.4, -0.2) is 19.4 Å². The molecular formula is C20H26N2O3S. The van der Waals surface area contributed by atoms with Crippen molar-refractivity contribution in [2.24, 2.45) is 0 Å². The topological polar surface area (TPSA) is 72.2 Å². The van der Waals surface area contributed by atoms with Gasteiger partial charge < -0.3 is 4.42 Å². The molecule has 1 heterocycles. The monoisotopic (exact) mass is 374 g/mol. The first-order valence-electron chi connectivity index (χ1n) is 9.70. The zero-order valence-corrected chi connectivity index (χ0v) is 15.8. The van der Waals surface area contributed by atoms with Crippen LogP contribution in [0.15, 0.2) is 39.8 Å². The first-order valence-corrected chi connectivity index (χ1v) is 11.2. The number of hydrogen-bond acceptors (Lipinski definition) is 4. The third-order valence-corrected chi connectivity index (χ3v) is 6.86. The van der Waals surface area contributed by atoms with E-state index in [4.69, 9.17) is 4.42 Å². The van der Waals surface area contributed by atoms with Gasteiger partial charge in [-0.1, -0.05) is 32.1 Å². The molecule has 2 fully saturated rings. The van der Waals surface area contributed by atoms with Crippen molar-refractivity contribution in [2.75, 3.05) is 0 Å². The Hall–Kier alpha value is -1.66. The molecule has 2 aliphatic rings. The highest BCUT2D eigenvalue weighted by molar-refractivity contribution is 7.89. The molecule has 26 heavy (non-hydrogen) atoms. The molecule has 0 atom stereocenters. The van der Waals surface area contributed by atoms with Crippen molar-refractivity contribution in [1.82, 2.24) is 9.71 Å². The summed E-state index contributed by atoms with van der Waals surface area (Å²) in [6.45, 7) is 0. The summed E-state index contributed by atoms with van der Waals surface area (Å²) in [5, 5.41) is 0. The maximum atomic E-state index is 12.7. The molecule has 5 nitrogen and oxygen atoms in total. The van der Waals surface area contributed by atoms with Crippen LogP contribution in [0.5, 0.6) is 0 Å². The summed E-state index contributed by atoms with van der Waals surface area (Å²) >= 11 is 0.